The molecule has 8 nitrogen and oxygen atoms in total. The molecule has 2 N–H and O–H groups in total. The maximum Gasteiger partial charge on any atom is 0.159 e. The van der Waals surface area contributed by atoms with E-state index in [1.807, 2.05) is 12.1 Å². The van der Waals surface area contributed by atoms with Crippen molar-refractivity contribution < 1.29 is 9.13 Å². The van der Waals surface area contributed by atoms with Gasteiger partial charge < -0.3 is 9.72 Å². The fraction of sp³-hybridized carbons (Fsp3) is 0.0417. The van der Waals surface area contributed by atoms with E-state index < -0.39 is 0 Å². The number of nitrogens with one attached hydrogen (secondary N) is 2. The summed E-state index contributed by atoms with van der Waals surface area (Å²) in [5.74, 6) is 0.952. The highest BCUT2D eigenvalue weighted by Crippen LogP contribution is 2.32. The van der Waals surface area contributed by atoms with Gasteiger partial charge in [-0.2, -0.15) is 5.10 Å². The number of hydrogen-bond donors (Lipinski definition) is 2. The predicted molar refractivity (Wildman–Crippen MR) is 122 cm³/mol. The molecule has 0 bridgehead atoms. The molecule has 0 saturated heterocycles. The topological polar surface area (TPSA) is 105 Å². The SMILES string of the molecule is COc1cncc(-c2cc3c(-c4nc5c(-c6ccc(F)cc6)cncc5[nH]4)n[nH]c3cn2)c1. The molecule has 160 valence electrons. The number of imidazole rings is 1. The molecule has 0 fully saturated rings. The van der Waals surface area contributed by atoms with Crippen LogP contribution in [0.4, 0.5) is 4.39 Å². The largest absolute Gasteiger partial charge is 0.495 e. The van der Waals surface area contributed by atoms with E-state index >= 15 is 0 Å². The van der Waals surface area contributed by atoms with Crippen LogP contribution < -0.4 is 4.74 Å². The number of nitrogens with zero attached hydrogens (tertiary/aromatic N) is 5. The number of benzene rings is 1. The summed E-state index contributed by atoms with van der Waals surface area (Å²) in [6.07, 6.45) is 8.54. The standard InChI is InChI=1S/C24H16FN7O/c1-33-16-6-14(8-26-9-16)19-7-17-20(12-28-19)31-32-23(17)24-29-21-11-27-10-18(22(21)30-24)13-2-4-15(25)5-3-13/h2-12H,1H3,(H,29,30)(H,31,32). The van der Waals surface area contributed by atoms with E-state index in [-0.39, 0.29) is 5.82 Å². The third-order valence-electron chi connectivity index (χ3n) is 5.47. The Morgan fingerprint density at radius 1 is 0.879 bits per heavy atom. The molecule has 1 aromatic carbocycles. The summed E-state index contributed by atoms with van der Waals surface area (Å²) in [5.41, 5.74) is 6.13. The summed E-state index contributed by atoms with van der Waals surface area (Å²) in [7, 11) is 1.60. The smallest absolute Gasteiger partial charge is 0.159 e. The Kier molecular flexibility index (Phi) is 4.32. The highest BCUT2D eigenvalue weighted by Gasteiger charge is 2.16. The van der Waals surface area contributed by atoms with Crippen LogP contribution in [0.5, 0.6) is 5.75 Å². The van der Waals surface area contributed by atoms with Gasteiger partial charge in [-0.05, 0) is 29.8 Å². The highest BCUT2D eigenvalue weighted by atomic mass is 19.1. The summed E-state index contributed by atoms with van der Waals surface area (Å²) < 4.78 is 18.7. The zero-order chi connectivity index (χ0) is 22.4. The lowest BCUT2D eigenvalue weighted by Crippen LogP contribution is -1.89. The first kappa shape index (κ1) is 19.1. The lowest BCUT2D eigenvalue weighted by atomic mass is 10.1. The van der Waals surface area contributed by atoms with Gasteiger partial charge in [-0.3, -0.25) is 20.1 Å². The van der Waals surface area contributed by atoms with Crippen LogP contribution >= 0.6 is 0 Å². The number of hydrogen-bond acceptors (Lipinski definition) is 6. The molecule has 0 aliphatic carbocycles. The Morgan fingerprint density at radius 2 is 1.73 bits per heavy atom. The van der Waals surface area contributed by atoms with Gasteiger partial charge in [-0.1, -0.05) is 12.1 Å². The van der Waals surface area contributed by atoms with Crippen LogP contribution in [0.15, 0.2) is 67.4 Å². The summed E-state index contributed by atoms with van der Waals surface area (Å²) in [6, 6.07) is 10.1. The van der Waals surface area contributed by atoms with Crippen molar-refractivity contribution >= 4 is 21.9 Å². The molecule has 9 heteroatoms. The Bertz CT molecular complexity index is 1620. The first-order valence-corrected chi connectivity index (χ1v) is 10.1. The van der Waals surface area contributed by atoms with Gasteiger partial charge in [0.1, 0.15) is 17.3 Å². The maximum absolute atomic E-state index is 13.4. The molecular weight excluding hydrogens is 421 g/mol. The van der Waals surface area contributed by atoms with E-state index in [1.54, 1.807) is 50.2 Å². The Morgan fingerprint density at radius 3 is 2.58 bits per heavy atom. The van der Waals surface area contributed by atoms with Gasteiger partial charge in [0, 0.05) is 28.9 Å². The van der Waals surface area contributed by atoms with Crippen molar-refractivity contribution in [3.05, 3.63) is 73.2 Å². The number of halogens is 1. The number of ether oxygens (including phenoxy) is 1. The number of pyridine rings is 3. The number of fused-ring (bicyclic) bond motifs is 2. The van der Waals surface area contributed by atoms with Crippen molar-refractivity contribution in [3.8, 4) is 39.7 Å². The fourth-order valence-corrected chi connectivity index (χ4v) is 3.81. The highest BCUT2D eigenvalue weighted by molar-refractivity contribution is 5.97. The Labute approximate surface area is 186 Å². The predicted octanol–water partition coefficient (Wildman–Crippen LogP) is 4.77. The third-order valence-corrected chi connectivity index (χ3v) is 5.47. The first-order valence-electron chi connectivity index (χ1n) is 10.1. The van der Waals surface area contributed by atoms with Crippen LogP contribution in [0.1, 0.15) is 0 Å². The molecule has 6 rings (SSSR count). The van der Waals surface area contributed by atoms with Gasteiger partial charge in [-0.15, -0.1) is 0 Å². The zero-order valence-corrected chi connectivity index (χ0v) is 17.4. The number of rotatable bonds is 4. The number of methoxy groups -OCH3 is 1. The Hall–Kier alpha value is -4.66. The van der Waals surface area contributed by atoms with Crippen LogP contribution in [0.25, 0.3) is 55.8 Å². The molecule has 0 atom stereocenters. The van der Waals surface area contributed by atoms with Crippen molar-refractivity contribution in [2.75, 3.05) is 7.11 Å². The van der Waals surface area contributed by atoms with Crippen molar-refractivity contribution in [1.29, 1.82) is 0 Å². The van der Waals surface area contributed by atoms with E-state index in [1.165, 1.54) is 12.1 Å². The van der Waals surface area contributed by atoms with Gasteiger partial charge in [-0.25, -0.2) is 9.37 Å². The normalized spacial score (nSPS) is 11.3. The Balaban J connectivity index is 1.48. The van der Waals surface area contributed by atoms with Crippen molar-refractivity contribution in [3.63, 3.8) is 0 Å². The maximum atomic E-state index is 13.4. The minimum atomic E-state index is -0.291. The lowest BCUT2D eigenvalue weighted by Gasteiger charge is -2.03. The molecule has 0 spiro atoms. The van der Waals surface area contributed by atoms with Crippen LogP contribution in [0, 0.1) is 5.82 Å². The van der Waals surface area contributed by atoms with Crippen LogP contribution in [-0.4, -0.2) is 42.2 Å². The van der Waals surface area contributed by atoms with E-state index in [4.69, 9.17) is 9.72 Å². The van der Waals surface area contributed by atoms with E-state index in [2.05, 4.69) is 30.1 Å². The van der Waals surface area contributed by atoms with Gasteiger partial charge in [0.05, 0.1) is 47.9 Å². The first-order chi connectivity index (χ1) is 16.2. The second-order valence-electron chi connectivity index (χ2n) is 7.48. The van der Waals surface area contributed by atoms with Crippen molar-refractivity contribution in [1.82, 2.24) is 35.1 Å². The molecule has 0 aliphatic heterocycles. The van der Waals surface area contributed by atoms with E-state index in [0.717, 1.165) is 44.3 Å². The van der Waals surface area contributed by atoms with Gasteiger partial charge in [0.15, 0.2) is 5.82 Å². The zero-order valence-electron chi connectivity index (χ0n) is 17.4. The molecule has 5 aromatic heterocycles. The second-order valence-corrected chi connectivity index (χ2v) is 7.48. The van der Waals surface area contributed by atoms with Crippen LogP contribution in [-0.2, 0) is 0 Å². The third kappa shape index (κ3) is 3.26. The number of H-pyrrole nitrogens is 2. The summed E-state index contributed by atoms with van der Waals surface area (Å²) in [5, 5.41) is 8.35. The minimum Gasteiger partial charge on any atom is -0.495 e. The molecule has 0 amide bonds. The molecule has 6 aromatic rings. The molecule has 33 heavy (non-hydrogen) atoms. The second kappa shape index (κ2) is 7.49. The molecule has 5 heterocycles. The van der Waals surface area contributed by atoms with Gasteiger partial charge in [0.25, 0.3) is 0 Å². The van der Waals surface area contributed by atoms with Crippen LogP contribution in [0.2, 0.25) is 0 Å². The number of aromatic nitrogens is 7. The van der Waals surface area contributed by atoms with E-state index in [0.29, 0.717) is 17.3 Å². The average Bonchev–Trinajstić information content (AvgIpc) is 3.48. The van der Waals surface area contributed by atoms with Crippen LogP contribution in [0.3, 0.4) is 0 Å². The summed E-state index contributed by atoms with van der Waals surface area (Å²) in [6.45, 7) is 0. The number of aromatic amines is 2. The van der Waals surface area contributed by atoms with Crippen molar-refractivity contribution in [2.24, 2.45) is 0 Å². The summed E-state index contributed by atoms with van der Waals surface area (Å²) >= 11 is 0. The molecular formula is C24H16FN7O. The fourth-order valence-electron chi connectivity index (χ4n) is 3.81. The molecule has 0 saturated carbocycles. The molecule has 0 radical (unpaired) electrons. The van der Waals surface area contributed by atoms with Crippen molar-refractivity contribution in [2.45, 2.75) is 0 Å². The lowest BCUT2D eigenvalue weighted by molar-refractivity contribution is 0.413. The molecule has 0 unspecified atom stereocenters. The monoisotopic (exact) mass is 437 g/mol. The quantitative estimate of drug-likeness (QED) is 0.411. The van der Waals surface area contributed by atoms with Gasteiger partial charge in [0.2, 0.25) is 0 Å². The molecule has 0 aliphatic rings. The minimum absolute atomic E-state index is 0.291. The average molecular weight is 437 g/mol. The summed E-state index contributed by atoms with van der Waals surface area (Å²) in [4.78, 5) is 21.2. The van der Waals surface area contributed by atoms with E-state index in [9.17, 15) is 4.39 Å². The van der Waals surface area contributed by atoms with Gasteiger partial charge >= 0.3 is 0 Å².